The minimum absolute atomic E-state index is 0.00000803. The highest BCUT2D eigenvalue weighted by molar-refractivity contribution is 6.20. The first-order valence-electron chi connectivity index (χ1n) is 6.99. The monoisotopic (exact) mass is 268 g/mol. The lowest BCUT2D eigenvalue weighted by molar-refractivity contribution is -0.127. The molecule has 0 aromatic rings. The lowest BCUT2D eigenvalue weighted by atomic mass is 9.92. The first-order valence-corrected chi connectivity index (χ1v) is 6.99. The van der Waals surface area contributed by atoms with Gasteiger partial charge < -0.3 is 14.3 Å². The van der Waals surface area contributed by atoms with Crippen LogP contribution in [-0.2, 0) is 14.3 Å². The van der Waals surface area contributed by atoms with Crippen LogP contribution in [0.15, 0.2) is 0 Å². The molecule has 0 aromatic carbocycles. The summed E-state index contributed by atoms with van der Waals surface area (Å²) in [5.74, 6) is -0.260. The van der Waals surface area contributed by atoms with Crippen LogP contribution >= 0.6 is 0 Å². The highest BCUT2D eigenvalue weighted by Crippen LogP contribution is 2.18. The Morgan fingerprint density at radius 2 is 1.68 bits per heavy atom. The second-order valence-electron chi connectivity index (χ2n) is 7.18. The Labute approximate surface area is 119 Å². The normalized spacial score (nSPS) is 14.4. The maximum atomic E-state index is 11.7. The summed E-state index contributed by atoms with van der Waals surface area (Å²) in [6.07, 6.45) is 1.01. The molecule has 2 radical (unpaired) electrons. The number of carbonyl (C=O) groups excluding carboxylic acids is 1. The largest absolute Gasteiger partial charge is 0.381 e. The lowest BCUT2D eigenvalue weighted by Gasteiger charge is -2.24. The zero-order chi connectivity index (χ0) is 15.1. The highest BCUT2D eigenvalue weighted by Gasteiger charge is 2.21. The van der Waals surface area contributed by atoms with Crippen molar-refractivity contribution in [2.75, 3.05) is 19.8 Å². The van der Waals surface area contributed by atoms with Gasteiger partial charge in [-0.2, -0.15) is 0 Å². The second-order valence-corrected chi connectivity index (χ2v) is 7.18. The molecule has 0 aromatic heterocycles. The van der Waals surface area contributed by atoms with Crippen LogP contribution in [-0.4, -0.2) is 39.1 Å². The van der Waals surface area contributed by atoms with Gasteiger partial charge in [-0.15, -0.1) is 0 Å². The molecule has 0 rings (SSSR count). The number of rotatable bonds is 8. The zero-order valence-corrected chi connectivity index (χ0v) is 13.4. The van der Waals surface area contributed by atoms with E-state index >= 15 is 0 Å². The van der Waals surface area contributed by atoms with Crippen LogP contribution in [0.3, 0.4) is 0 Å². The zero-order valence-electron chi connectivity index (χ0n) is 13.4. The first kappa shape index (κ1) is 18.7. The Hall–Kier alpha value is -0.345. The van der Waals surface area contributed by atoms with Gasteiger partial charge in [-0.1, -0.05) is 20.8 Å². The number of hydrogen-bond acceptors (Lipinski definition) is 3. The average molecular weight is 268 g/mol. The van der Waals surface area contributed by atoms with Crippen molar-refractivity contribution < 1.29 is 14.3 Å². The van der Waals surface area contributed by atoms with Gasteiger partial charge in [0.1, 0.15) is 5.78 Å². The molecule has 3 nitrogen and oxygen atoms in total. The number of ketones is 1. The van der Waals surface area contributed by atoms with E-state index in [2.05, 4.69) is 20.8 Å². The standard InChI is InChI=1S/C15H29BO3/c1-14(2,3)7-8-18-10-12(13(17)9-16)11-19-15(4,5)6/h12H,7-11H2,1-6H3. The Bertz CT molecular complexity index is 264. The van der Waals surface area contributed by atoms with Gasteiger partial charge in [-0.05, 0) is 38.9 Å². The van der Waals surface area contributed by atoms with E-state index in [4.69, 9.17) is 17.3 Å². The fourth-order valence-corrected chi connectivity index (χ4v) is 1.36. The van der Waals surface area contributed by atoms with Crippen LogP contribution < -0.4 is 0 Å². The van der Waals surface area contributed by atoms with E-state index in [9.17, 15) is 4.79 Å². The number of Topliss-reactive ketones (excluding diaryl/α,β-unsaturated/α-hetero) is 1. The smallest absolute Gasteiger partial charge is 0.132 e. The van der Waals surface area contributed by atoms with Crippen molar-refractivity contribution >= 4 is 13.6 Å². The van der Waals surface area contributed by atoms with Crippen molar-refractivity contribution in [2.24, 2.45) is 11.3 Å². The van der Waals surface area contributed by atoms with Gasteiger partial charge in [0, 0.05) is 6.61 Å². The molecule has 0 aliphatic heterocycles. The molecule has 0 bridgehead atoms. The molecule has 0 aliphatic rings. The quantitative estimate of drug-likeness (QED) is 0.501. The number of carbonyl (C=O) groups is 1. The van der Waals surface area contributed by atoms with Crippen molar-refractivity contribution in [3.8, 4) is 0 Å². The van der Waals surface area contributed by atoms with Gasteiger partial charge in [0.2, 0.25) is 0 Å². The molecule has 1 unspecified atom stereocenters. The third-order valence-electron chi connectivity index (χ3n) is 2.69. The van der Waals surface area contributed by atoms with Gasteiger partial charge >= 0.3 is 0 Å². The van der Waals surface area contributed by atoms with Crippen molar-refractivity contribution in [3.05, 3.63) is 0 Å². The predicted octanol–water partition coefficient (Wildman–Crippen LogP) is 3.03. The van der Waals surface area contributed by atoms with Gasteiger partial charge in [0.05, 0.1) is 32.6 Å². The van der Waals surface area contributed by atoms with Crippen LogP contribution in [0.25, 0.3) is 0 Å². The molecule has 4 heteroatoms. The number of hydrogen-bond donors (Lipinski definition) is 0. The van der Waals surface area contributed by atoms with Gasteiger partial charge in [-0.25, -0.2) is 0 Å². The summed E-state index contributed by atoms with van der Waals surface area (Å²) in [5.41, 5.74) is -0.00613. The van der Waals surface area contributed by atoms with Gasteiger partial charge in [-0.3, -0.25) is 0 Å². The first-order chi connectivity index (χ1) is 8.55. The highest BCUT2D eigenvalue weighted by atomic mass is 16.5. The molecule has 0 saturated carbocycles. The van der Waals surface area contributed by atoms with E-state index in [1.54, 1.807) is 0 Å². The molecule has 0 N–H and O–H groups in total. The Kier molecular flexibility index (Phi) is 7.91. The fourth-order valence-electron chi connectivity index (χ4n) is 1.36. The van der Waals surface area contributed by atoms with E-state index in [-0.39, 0.29) is 29.0 Å². The maximum Gasteiger partial charge on any atom is 0.132 e. The lowest BCUT2D eigenvalue weighted by Crippen LogP contribution is -2.30. The van der Waals surface area contributed by atoms with E-state index in [0.717, 1.165) is 6.42 Å². The fraction of sp³-hybridized carbons (Fsp3) is 0.933. The van der Waals surface area contributed by atoms with E-state index in [1.165, 1.54) is 0 Å². The molecular weight excluding hydrogens is 239 g/mol. The van der Waals surface area contributed by atoms with Crippen molar-refractivity contribution in [1.29, 1.82) is 0 Å². The van der Waals surface area contributed by atoms with Gasteiger partial charge in [0.25, 0.3) is 0 Å². The van der Waals surface area contributed by atoms with E-state index < -0.39 is 0 Å². The molecule has 0 heterocycles. The molecule has 1 atom stereocenters. The third-order valence-corrected chi connectivity index (χ3v) is 2.69. The topological polar surface area (TPSA) is 35.5 Å². The molecule has 0 fully saturated rings. The summed E-state index contributed by atoms with van der Waals surface area (Å²) in [6, 6.07) is 0. The Balaban J connectivity index is 4.11. The summed E-state index contributed by atoms with van der Waals surface area (Å²) in [6.45, 7) is 13.8. The third kappa shape index (κ3) is 11.2. The van der Waals surface area contributed by atoms with Crippen LogP contribution in [0.2, 0.25) is 6.32 Å². The predicted molar refractivity (Wildman–Crippen MR) is 79.7 cm³/mol. The van der Waals surface area contributed by atoms with E-state index in [1.807, 2.05) is 20.8 Å². The second kappa shape index (κ2) is 8.06. The van der Waals surface area contributed by atoms with Crippen molar-refractivity contribution in [3.63, 3.8) is 0 Å². The van der Waals surface area contributed by atoms with Crippen molar-refractivity contribution in [1.82, 2.24) is 0 Å². The minimum Gasteiger partial charge on any atom is -0.381 e. The summed E-state index contributed by atoms with van der Waals surface area (Å²) in [4.78, 5) is 11.7. The Morgan fingerprint density at radius 3 is 2.11 bits per heavy atom. The maximum absolute atomic E-state index is 11.7. The van der Waals surface area contributed by atoms with Crippen LogP contribution in [0.5, 0.6) is 0 Å². The summed E-state index contributed by atoms with van der Waals surface area (Å²) >= 11 is 0. The Morgan fingerprint density at radius 1 is 1.11 bits per heavy atom. The van der Waals surface area contributed by atoms with Crippen LogP contribution in [0.1, 0.15) is 48.0 Å². The summed E-state index contributed by atoms with van der Waals surface area (Å²) in [7, 11) is 5.43. The van der Waals surface area contributed by atoms with Gasteiger partial charge in [0.15, 0.2) is 0 Å². The summed E-state index contributed by atoms with van der Waals surface area (Å²) < 4.78 is 11.3. The van der Waals surface area contributed by atoms with Crippen molar-refractivity contribution in [2.45, 2.75) is 59.9 Å². The molecule has 110 valence electrons. The van der Waals surface area contributed by atoms with Crippen LogP contribution in [0, 0.1) is 11.3 Å². The SMILES string of the molecule is [B]CC(=O)C(COCCC(C)(C)C)COC(C)(C)C. The molecule has 0 aliphatic carbocycles. The average Bonchev–Trinajstić information content (AvgIpc) is 2.24. The molecule has 0 saturated heterocycles. The van der Waals surface area contributed by atoms with E-state index in [0.29, 0.717) is 19.8 Å². The minimum atomic E-state index is -0.260. The van der Waals surface area contributed by atoms with Crippen LogP contribution in [0.4, 0.5) is 0 Å². The summed E-state index contributed by atoms with van der Waals surface area (Å²) in [5, 5.41) is 0. The molecular formula is C15H29BO3. The molecule has 19 heavy (non-hydrogen) atoms. The molecule has 0 spiro atoms. The number of ether oxygens (including phenoxy) is 2. The molecule has 0 amide bonds.